The first-order valence-electron chi connectivity index (χ1n) is 6.13. The number of hydrogen-bond acceptors (Lipinski definition) is 2. The van der Waals surface area contributed by atoms with Crippen LogP contribution in [-0.2, 0) is 4.79 Å². The first kappa shape index (κ1) is 13.1. The van der Waals surface area contributed by atoms with E-state index in [9.17, 15) is 4.79 Å². The monoisotopic (exact) mass is 255 g/mol. The summed E-state index contributed by atoms with van der Waals surface area (Å²) < 4.78 is 5.13. The molecule has 0 heterocycles. The Labute approximate surface area is 113 Å². The van der Waals surface area contributed by atoms with Gasteiger partial charge in [-0.15, -0.1) is 0 Å². The zero-order valence-electron chi connectivity index (χ0n) is 11.4. The Morgan fingerprint density at radius 2 is 1.42 bits per heavy atom. The van der Waals surface area contributed by atoms with Crippen molar-refractivity contribution in [1.82, 2.24) is 0 Å². The minimum Gasteiger partial charge on any atom is -0.497 e. The summed E-state index contributed by atoms with van der Waals surface area (Å²) in [7, 11) is 1.62. The van der Waals surface area contributed by atoms with Crippen LogP contribution in [-0.4, -0.2) is 13.0 Å². The fourth-order valence-corrected chi connectivity index (χ4v) is 1.94. The van der Waals surface area contributed by atoms with Gasteiger partial charge in [-0.25, -0.2) is 0 Å². The Bertz CT molecular complexity index is 558. The maximum atomic E-state index is 11.9. The van der Waals surface area contributed by atoms with Gasteiger partial charge in [0.25, 0.3) is 0 Å². The van der Waals surface area contributed by atoms with Gasteiger partial charge in [0.15, 0.2) is 0 Å². The molecule has 0 saturated carbocycles. The lowest BCUT2D eigenvalue weighted by molar-refractivity contribution is -0.115. The zero-order chi connectivity index (χ0) is 13.8. The molecule has 0 radical (unpaired) electrons. The number of ether oxygens (including phenoxy) is 1. The molecule has 2 rings (SSSR count). The molecule has 0 aliphatic rings. The summed E-state index contributed by atoms with van der Waals surface area (Å²) >= 11 is 0. The van der Waals surface area contributed by atoms with E-state index in [1.54, 1.807) is 18.9 Å². The molecule has 2 aromatic rings. The molecule has 0 aliphatic heterocycles. The molecule has 0 unspecified atom stereocenters. The van der Waals surface area contributed by atoms with E-state index in [2.05, 4.69) is 0 Å². The summed E-state index contributed by atoms with van der Waals surface area (Å²) in [6, 6.07) is 15.3. The van der Waals surface area contributed by atoms with Crippen molar-refractivity contribution in [3.63, 3.8) is 0 Å². The van der Waals surface area contributed by atoms with Gasteiger partial charge in [-0.2, -0.15) is 0 Å². The number of carbonyl (C=O) groups excluding carboxylic acids is 1. The average Bonchev–Trinajstić information content (AvgIpc) is 2.42. The van der Waals surface area contributed by atoms with Crippen LogP contribution in [0.15, 0.2) is 48.5 Å². The molecule has 0 saturated heterocycles. The number of hydrogen-bond donors (Lipinski definition) is 0. The Hall–Kier alpha value is -2.29. The molecule has 1 amide bonds. The minimum absolute atomic E-state index is 0.0194. The van der Waals surface area contributed by atoms with Crippen molar-refractivity contribution in [3.05, 3.63) is 54.1 Å². The third-order valence-electron chi connectivity index (χ3n) is 2.94. The predicted molar refractivity (Wildman–Crippen MR) is 77.0 cm³/mol. The molecule has 98 valence electrons. The molecule has 0 aliphatic carbocycles. The molecule has 3 nitrogen and oxygen atoms in total. The fraction of sp³-hybridized carbons (Fsp3) is 0.188. The van der Waals surface area contributed by atoms with Crippen LogP contribution in [0.3, 0.4) is 0 Å². The van der Waals surface area contributed by atoms with E-state index in [1.165, 1.54) is 5.56 Å². The number of methoxy groups -OCH3 is 1. The Kier molecular flexibility index (Phi) is 3.85. The third kappa shape index (κ3) is 2.94. The molecule has 0 atom stereocenters. The summed E-state index contributed by atoms with van der Waals surface area (Å²) in [6.45, 7) is 3.58. The smallest absolute Gasteiger partial charge is 0.228 e. The molecule has 19 heavy (non-hydrogen) atoms. The van der Waals surface area contributed by atoms with Crippen LogP contribution in [0.4, 0.5) is 11.4 Å². The summed E-state index contributed by atoms with van der Waals surface area (Å²) in [6.07, 6.45) is 0. The third-order valence-corrected chi connectivity index (χ3v) is 2.94. The summed E-state index contributed by atoms with van der Waals surface area (Å²) in [5.74, 6) is 0.755. The van der Waals surface area contributed by atoms with Crippen molar-refractivity contribution >= 4 is 17.3 Å². The number of carbonyl (C=O) groups is 1. The van der Waals surface area contributed by atoms with Crippen LogP contribution in [0.1, 0.15) is 12.5 Å². The van der Waals surface area contributed by atoms with Gasteiger partial charge >= 0.3 is 0 Å². The fourth-order valence-electron chi connectivity index (χ4n) is 1.94. The largest absolute Gasteiger partial charge is 0.497 e. The van der Waals surface area contributed by atoms with Crippen LogP contribution in [0.2, 0.25) is 0 Å². The van der Waals surface area contributed by atoms with E-state index in [0.717, 1.165) is 17.1 Å². The van der Waals surface area contributed by atoms with Gasteiger partial charge in [-0.3, -0.25) is 9.69 Å². The lowest BCUT2D eigenvalue weighted by atomic mass is 10.2. The van der Waals surface area contributed by atoms with Crippen LogP contribution >= 0.6 is 0 Å². The first-order chi connectivity index (χ1) is 9.11. The molecule has 0 fully saturated rings. The number of aryl methyl sites for hydroxylation is 1. The summed E-state index contributed by atoms with van der Waals surface area (Å²) in [5.41, 5.74) is 2.86. The van der Waals surface area contributed by atoms with Crippen LogP contribution in [0.25, 0.3) is 0 Å². The zero-order valence-corrected chi connectivity index (χ0v) is 11.4. The van der Waals surface area contributed by atoms with Crippen molar-refractivity contribution in [2.45, 2.75) is 13.8 Å². The molecular formula is C16H17NO2. The van der Waals surface area contributed by atoms with E-state index in [-0.39, 0.29) is 5.91 Å². The Balaban J connectivity index is 2.39. The van der Waals surface area contributed by atoms with Crippen molar-refractivity contribution in [3.8, 4) is 5.75 Å². The maximum absolute atomic E-state index is 11.9. The van der Waals surface area contributed by atoms with Gasteiger partial charge in [0.05, 0.1) is 7.11 Å². The highest BCUT2D eigenvalue weighted by atomic mass is 16.5. The molecule has 2 aromatic carbocycles. The van der Waals surface area contributed by atoms with E-state index in [4.69, 9.17) is 4.74 Å². The van der Waals surface area contributed by atoms with Crippen molar-refractivity contribution in [2.75, 3.05) is 12.0 Å². The quantitative estimate of drug-likeness (QED) is 0.837. The SMILES string of the molecule is COc1ccc(N(C(C)=O)c2ccc(C)cc2)cc1. The van der Waals surface area contributed by atoms with Crippen molar-refractivity contribution in [1.29, 1.82) is 0 Å². The number of benzene rings is 2. The maximum Gasteiger partial charge on any atom is 0.228 e. The van der Waals surface area contributed by atoms with Gasteiger partial charge in [-0.05, 0) is 43.3 Å². The second-order valence-electron chi connectivity index (χ2n) is 4.39. The van der Waals surface area contributed by atoms with Gasteiger partial charge in [0, 0.05) is 18.3 Å². The van der Waals surface area contributed by atoms with E-state index in [0.29, 0.717) is 0 Å². The Morgan fingerprint density at radius 3 is 1.84 bits per heavy atom. The molecule has 0 spiro atoms. The second kappa shape index (κ2) is 5.57. The molecular weight excluding hydrogens is 238 g/mol. The van der Waals surface area contributed by atoms with E-state index < -0.39 is 0 Å². The summed E-state index contributed by atoms with van der Waals surface area (Å²) in [5, 5.41) is 0. The lowest BCUT2D eigenvalue weighted by Crippen LogP contribution is -2.22. The van der Waals surface area contributed by atoms with E-state index in [1.807, 2.05) is 55.5 Å². The van der Waals surface area contributed by atoms with Crippen LogP contribution in [0.5, 0.6) is 5.75 Å². The van der Waals surface area contributed by atoms with Gasteiger partial charge < -0.3 is 4.74 Å². The highest BCUT2D eigenvalue weighted by Gasteiger charge is 2.13. The number of anilines is 2. The highest BCUT2D eigenvalue weighted by Crippen LogP contribution is 2.27. The second-order valence-corrected chi connectivity index (χ2v) is 4.39. The molecule has 0 N–H and O–H groups in total. The number of rotatable bonds is 3. The normalized spacial score (nSPS) is 10.1. The Morgan fingerprint density at radius 1 is 0.947 bits per heavy atom. The van der Waals surface area contributed by atoms with Gasteiger partial charge in [0.2, 0.25) is 5.91 Å². The number of amides is 1. The first-order valence-corrected chi connectivity index (χ1v) is 6.13. The highest BCUT2D eigenvalue weighted by molar-refractivity contribution is 5.99. The number of nitrogens with zero attached hydrogens (tertiary/aromatic N) is 1. The molecule has 0 bridgehead atoms. The van der Waals surface area contributed by atoms with Crippen LogP contribution in [0, 0.1) is 6.92 Å². The summed E-state index contributed by atoms with van der Waals surface area (Å²) in [4.78, 5) is 13.6. The molecule has 3 heteroatoms. The average molecular weight is 255 g/mol. The predicted octanol–water partition coefficient (Wildman–Crippen LogP) is 3.69. The standard InChI is InChI=1S/C16H17NO2/c1-12-4-6-14(7-5-12)17(13(2)18)15-8-10-16(19-3)11-9-15/h4-11H,1-3H3. The van der Waals surface area contributed by atoms with Gasteiger partial charge in [0.1, 0.15) is 5.75 Å². The van der Waals surface area contributed by atoms with Crippen LogP contribution < -0.4 is 9.64 Å². The van der Waals surface area contributed by atoms with Crippen molar-refractivity contribution < 1.29 is 9.53 Å². The van der Waals surface area contributed by atoms with Crippen molar-refractivity contribution in [2.24, 2.45) is 0 Å². The molecule has 0 aromatic heterocycles. The topological polar surface area (TPSA) is 29.5 Å². The van der Waals surface area contributed by atoms with E-state index >= 15 is 0 Å². The lowest BCUT2D eigenvalue weighted by Gasteiger charge is -2.21. The minimum atomic E-state index is -0.0194. The van der Waals surface area contributed by atoms with Gasteiger partial charge in [-0.1, -0.05) is 17.7 Å².